The SMILES string of the molecule is Cc1ccncc1O[C@H](C)C1COCCO1.N. The molecule has 17 heavy (non-hydrogen) atoms. The minimum Gasteiger partial charge on any atom is -0.486 e. The van der Waals surface area contributed by atoms with Crippen LogP contribution in [-0.4, -0.2) is 37.0 Å². The Labute approximate surface area is 102 Å². The number of hydrogen-bond donors (Lipinski definition) is 1. The van der Waals surface area contributed by atoms with E-state index < -0.39 is 0 Å². The molecular weight excluding hydrogens is 220 g/mol. The third-order valence-electron chi connectivity index (χ3n) is 2.67. The monoisotopic (exact) mass is 240 g/mol. The molecule has 1 aliphatic rings. The van der Waals surface area contributed by atoms with Crippen LogP contribution in [0.25, 0.3) is 0 Å². The third-order valence-corrected chi connectivity index (χ3v) is 2.67. The van der Waals surface area contributed by atoms with Gasteiger partial charge >= 0.3 is 0 Å². The molecule has 5 heteroatoms. The lowest BCUT2D eigenvalue weighted by molar-refractivity contribution is -0.122. The zero-order chi connectivity index (χ0) is 11.4. The summed E-state index contributed by atoms with van der Waals surface area (Å²) in [5, 5.41) is 0. The summed E-state index contributed by atoms with van der Waals surface area (Å²) in [4.78, 5) is 4.05. The Kier molecular flexibility index (Phi) is 5.34. The second-order valence-corrected chi connectivity index (χ2v) is 3.95. The highest BCUT2D eigenvalue weighted by Crippen LogP contribution is 2.19. The van der Waals surface area contributed by atoms with Crippen molar-refractivity contribution < 1.29 is 14.2 Å². The maximum atomic E-state index is 5.82. The first-order valence-corrected chi connectivity index (χ1v) is 5.54. The van der Waals surface area contributed by atoms with Crippen molar-refractivity contribution in [3.05, 3.63) is 24.0 Å². The number of hydrogen-bond acceptors (Lipinski definition) is 5. The average molecular weight is 240 g/mol. The molecule has 1 aromatic rings. The Bertz CT molecular complexity index is 340. The van der Waals surface area contributed by atoms with Gasteiger partial charge in [0.2, 0.25) is 0 Å². The van der Waals surface area contributed by atoms with Crippen LogP contribution in [0.3, 0.4) is 0 Å². The van der Waals surface area contributed by atoms with E-state index in [0.717, 1.165) is 11.3 Å². The number of nitrogens with zero attached hydrogens (tertiary/aromatic N) is 1. The minimum atomic E-state index is -0.0248. The molecule has 1 unspecified atom stereocenters. The summed E-state index contributed by atoms with van der Waals surface area (Å²) >= 11 is 0. The maximum absolute atomic E-state index is 5.82. The molecule has 5 nitrogen and oxygen atoms in total. The predicted molar refractivity (Wildman–Crippen MR) is 64.6 cm³/mol. The van der Waals surface area contributed by atoms with Crippen LogP contribution in [0.5, 0.6) is 5.75 Å². The molecule has 96 valence electrons. The van der Waals surface area contributed by atoms with Crippen molar-refractivity contribution in [1.29, 1.82) is 0 Å². The molecule has 1 saturated heterocycles. The van der Waals surface area contributed by atoms with Gasteiger partial charge in [0.05, 0.1) is 26.0 Å². The molecular formula is C12H20N2O3. The maximum Gasteiger partial charge on any atom is 0.141 e. The van der Waals surface area contributed by atoms with Crippen LogP contribution in [-0.2, 0) is 9.47 Å². The Morgan fingerprint density at radius 3 is 2.94 bits per heavy atom. The molecule has 3 N–H and O–H groups in total. The van der Waals surface area contributed by atoms with Crippen LogP contribution in [0.2, 0.25) is 0 Å². The number of aromatic nitrogens is 1. The molecule has 1 aliphatic heterocycles. The summed E-state index contributed by atoms with van der Waals surface area (Å²) in [5.74, 6) is 0.809. The first-order valence-electron chi connectivity index (χ1n) is 5.54. The van der Waals surface area contributed by atoms with E-state index in [4.69, 9.17) is 14.2 Å². The molecule has 0 radical (unpaired) electrons. The summed E-state index contributed by atoms with van der Waals surface area (Å²) in [6.45, 7) is 5.91. The summed E-state index contributed by atoms with van der Waals surface area (Å²) in [5.41, 5.74) is 1.08. The number of rotatable bonds is 3. The van der Waals surface area contributed by atoms with Crippen LogP contribution in [0.1, 0.15) is 12.5 Å². The van der Waals surface area contributed by atoms with Gasteiger partial charge in [-0.2, -0.15) is 0 Å². The van der Waals surface area contributed by atoms with Gasteiger partial charge in [-0.15, -0.1) is 0 Å². The first-order chi connectivity index (χ1) is 7.77. The molecule has 0 aliphatic carbocycles. The van der Waals surface area contributed by atoms with E-state index in [9.17, 15) is 0 Å². The van der Waals surface area contributed by atoms with Gasteiger partial charge in [-0.05, 0) is 25.5 Å². The van der Waals surface area contributed by atoms with E-state index in [1.165, 1.54) is 0 Å². The summed E-state index contributed by atoms with van der Waals surface area (Å²) in [6.07, 6.45) is 3.47. The predicted octanol–water partition coefficient (Wildman–Crippen LogP) is 1.73. The fraction of sp³-hybridized carbons (Fsp3) is 0.583. The Hall–Kier alpha value is -1.17. The van der Waals surface area contributed by atoms with Crippen molar-refractivity contribution in [3.63, 3.8) is 0 Å². The van der Waals surface area contributed by atoms with Gasteiger partial charge in [0.1, 0.15) is 18.0 Å². The third kappa shape index (κ3) is 3.66. The molecule has 2 atom stereocenters. The largest absolute Gasteiger partial charge is 0.486 e. The standard InChI is InChI=1S/C12H17NO3.H3N/c1-9-3-4-13-7-11(9)16-10(2)12-8-14-5-6-15-12;/h3-4,7,10,12H,5-6,8H2,1-2H3;1H3/t10-,12?;/m1./s1. The van der Waals surface area contributed by atoms with Gasteiger partial charge in [-0.25, -0.2) is 0 Å². The van der Waals surface area contributed by atoms with Gasteiger partial charge < -0.3 is 20.4 Å². The molecule has 0 aromatic carbocycles. The van der Waals surface area contributed by atoms with Crippen LogP contribution in [0, 0.1) is 6.92 Å². The van der Waals surface area contributed by atoms with E-state index in [1.807, 2.05) is 19.9 Å². The minimum absolute atomic E-state index is 0. The van der Waals surface area contributed by atoms with Gasteiger partial charge in [0, 0.05) is 6.20 Å². The first kappa shape index (κ1) is 13.9. The fourth-order valence-corrected chi connectivity index (χ4v) is 1.63. The second-order valence-electron chi connectivity index (χ2n) is 3.95. The van der Waals surface area contributed by atoms with E-state index in [2.05, 4.69) is 4.98 Å². The van der Waals surface area contributed by atoms with Crippen LogP contribution < -0.4 is 10.9 Å². The number of pyridine rings is 1. The molecule has 2 rings (SSSR count). The molecule has 0 amide bonds. The molecule has 1 fully saturated rings. The van der Waals surface area contributed by atoms with E-state index in [-0.39, 0.29) is 18.4 Å². The lowest BCUT2D eigenvalue weighted by atomic mass is 10.2. The van der Waals surface area contributed by atoms with Gasteiger partial charge in [0.25, 0.3) is 0 Å². The van der Waals surface area contributed by atoms with Crippen LogP contribution in [0.4, 0.5) is 0 Å². The molecule has 1 aromatic heterocycles. The van der Waals surface area contributed by atoms with Crippen molar-refractivity contribution in [2.24, 2.45) is 0 Å². The Morgan fingerprint density at radius 1 is 1.47 bits per heavy atom. The summed E-state index contributed by atoms with van der Waals surface area (Å²) in [7, 11) is 0. The average Bonchev–Trinajstić information content (AvgIpc) is 2.33. The van der Waals surface area contributed by atoms with Crippen molar-refractivity contribution in [3.8, 4) is 5.75 Å². The number of aryl methyl sites for hydroxylation is 1. The van der Waals surface area contributed by atoms with Crippen LogP contribution in [0.15, 0.2) is 18.5 Å². The van der Waals surface area contributed by atoms with E-state index >= 15 is 0 Å². The van der Waals surface area contributed by atoms with Crippen molar-refractivity contribution >= 4 is 0 Å². The lowest BCUT2D eigenvalue weighted by Gasteiger charge is -2.28. The van der Waals surface area contributed by atoms with E-state index in [0.29, 0.717) is 19.8 Å². The Balaban J connectivity index is 0.00000144. The van der Waals surface area contributed by atoms with E-state index in [1.54, 1.807) is 12.4 Å². The van der Waals surface area contributed by atoms with Gasteiger partial charge in [0.15, 0.2) is 0 Å². The highest BCUT2D eigenvalue weighted by molar-refractivity contribution is 5.28. The lowest BCUT2D eigenvalue weighted by Crippen LogP contribution is -2.40. The van der Waals surface area contributed by atoms with Gasteiger partial charge in [-0.3, -0.25) is 4.98 Å². The molecule has 0 bridgehead atoms. The normalized spacial score (nSPS) is 21.4. The molecule has 2 heterocycles. The highest BCUT2D eigenvalue weighted by atomic mass is 16.6. The number of ether oxygens (including phenoxy) is 3. The fourth-order valence-electron chi connectivity index (χ4n) is 1.63. The topological polar surface area (TPSA) is 75.6 Å². The summed E-state index contributed by atoms with van der Waals surface area (Å²) < 4.78 is 16.7. The summed E-state index contributed by atoms with van der Waals surface area (Å²) in [6, 6.07) is 1.93. The van der Waals surface area contributed by atoms with Gasteiger partial charge in [-0.1, -0.05) is 0 Å². The van der Waals surface area contributed by atoms with Crippen molar-refractivity contribution in [1.82, 2.24) is 11.1 Å². The zero-order valence-corrected chi connectivity index (χ0v) is 10.4. The molecule has 0 spiro atoms. The molecule has 0 saturated carbocycles. The van der Waals surface area contributed by atoms with Crippen molar-refractivity contribution in [2.45, 2.75) is 26.1 Å². The second kappa shape index (κ2) is 6.54. The quantitative estimate of drug-likeness (QED) is 0.870. The highest BCUT2D eigenvalue weighted by Gasteiger charge is 2.23. The zero-order valence-electron chi connectivity index (χ0n) is 10.4. The Morgan fingerprint density at radius 2 is 2.29 bits per heavy atom. The smallest absolute Gasteiger partial charge is 0.141 e. The van der Waals surface area contributed by atoms with Crippen molar-refractivity contribution in [2.75, 3.05) is 19.8 Å². The van der Waals surface area contributed by atoms with Crippen LogP contribution >= 0.6 is 0 Å².